The highest BCUT2D eigenvalue weighted by Gasteiger charge is 2.36. The molecule has 22 heavy (non-hydrogen) atoms. The summed E-state index contributed by atoms with van der Waals surface area (Å²) in [5, 5.41) is 14.3. The Hall–Kier alpha value is -1.99. The first-order valence-electron chi connectivity index (χ1n) is 7.04. The molecule has 1 aliphatic rings. The monoisotopic (exact) mass is 322 g/mol. The van der Waals surface area contributed by atoms with Gasteiger partial charge in [-0.05, 0) is 48.4 Å². The summed E-state index contributed by atoms with van der Waals surface area (Å²) >= 11 is 0. The molecule has 0 radical (unpaired) electrons. The lowest BCUT2D eigenvalue weighted by atomic mass is 9.98. The topological polar surface area (TPSA) is 98.7 Å². The highest BCUT2D eigenvalue weighted by Crippen LogP contribution is 2.28. The lowest BCUT2D eigenvalue weighted by Crippen LogP contribution is -2.48. The largest absolute Gasteiger partial charge is 0.324 e. The molecule has 0 unspecified atom stereocenters. The molecule has 1 heterocycles. The van der Waals surface area contributed by atoms with Crippen molar-refractivity contribution in [2.45, 2.75) is 38.1 Å². The molecule has 1 aromatic heterocycles. The summed E-state index contributed by atoms with van der Waals surface area (Å²) in [6, 6.07) is 7.40. The molecule has 8 heteroatoms. The second-order valence-electron chi connectivity index (χ2n) is 5.51. The normalized spacial score (nSPS) is 16.1. The van der Waals surface area contributed by atoms with Gasteiger partial charge in [0.1, 0.15) is 0 Å². The minimum Gasteiger partial charge on any atom is -0.324 e. The van der Waals surface area contributed by atoms with Crippen molar-refractivity contribution in [3.8, 4) is 5.69 Å². The van der Waals surface area contributed by atoms with E-state index in [1.165, 1.54) is 0 Å². The maximum atomic E-state index is 12.3. The predicted octanol–water partition coefficient (Wildman–Crippen LogP) is 1.60. The number of anilines is 1. The third-order valence-corrected chi connectivity index (χ3v) is 3.92. The van der Waals surface area contributed by atoms with E-state index in [0.29, 0.717) is 11.5 Å². The van der Waals surface area contributed by atoms with Gasteiger partial charge in [-0.15, -0.1) is 17.5 Å². The Morgan fingerprint density at radius 3 is 2.73 bits per heavy atom. The molecular formula is C14H19ClN6O. The first-order chi connectivity index (χ1) is 10.1. The van der Waals surface area contributed by atoms with Crippen LogP contribution in [0.15, 0.2) is 24.3 Å². The second-order valence-corrected chi connectivity index (χ2v) is 5.51. The van der Waals surface area contributed by atoms with E-state index in [9.17, 15) is 4.79 Å². The average Bonchev–Trinajstić information content (AvgIpc) is 3.09. The predicted molar refractivity (Wildman–Crippen MR) is 85.2 cm³/mol. The van der Waals surface area contributed by atoms with Crippen molar-refractivity contribution in [1.29, 1.82) is 0 Å². The van der Waals surface area contributed by atoms with Gasteiger partial charge in [0.2, 0.25) is 5.91 Å². The number of carbonyl (C=O) groups excluding carboxylic acids is 1. The molecule has 3 rings (SSSR count). The summed E-state index contributed by atoms with van der Waals surface area (Å²) in [5.41, 5.74) is 6.92. The SMILES string of the molecule is Cc1nnnn1-c1cccc(NC(=O)C2(N)CCCC2)c1.Cl. The molecule has 0 saturated heterocycles. The van der Waals surface area contributed by atoms with Crippen LogP contribution in [-0.4, -0.2) is 31.7 Å². The average molecular weight is 323 g/mol. The minimum atomic E-state index is -0.735. The van der Waals surface area contributed by atoms with Crippen molar-refractivity contribution in [2.24, 2.45) is 5.73 Å². The zero-order chi connectivity index (χ0) is 14.9. The molecule has 7 nitrogen and oxygen atoms in total. The summed E-state index contributed by atoms with van der Waals surface area (Å²) in [7, 11) is 0. The third-order valence-electron chi connectivity index (χ3n) is 3.92. The summed E-state index contributed by atoms with van der Waals surface area (Å²) < 4.78 is 1.61. The number of benzene rings is 1. The first kappa shape index (κ1) is 16.4. The van der Waals surface area contributed by atoms with E-state index in [0.717, 1.165) is 31.4 Å². The molecule has 1 aliphatic carbocycles. The molecule has 0 atom stereocenters. The van der Waals surface area contributed by atoms with E-state index in [1.54, 1.807) is 4.68 Å². The fraction of sp³-hybridized carbons (Fsp3) is 0.429. The number of aryl methyl sites for hydroxylation is 1. The number of nitrogens with two attached hydrogens (primary N) is 1. The van der Waals surface area contributed by atoms with E-state index < -0.39 is 5.54 Å². The second kappa shape index (κ2) is 6.41. The number of halogens is 1. The van der Waals surface area contributed by atoms with Gasteiger partial charge in [-0.2, -0.15) is 4.68 Å². The van der Waals surface area contributed by atoms with Gasteiger partial charge in [0.05, 0.1) is 11.2 Å². The summed E-state index contributed by atoms with van der Waals surface area (Å²) in [6.45, 7) is 1.82. The van der Waals surface area contributed by atoms with Crippen molar-refractivity contribution < 1.29 is 4.79 Å². The third kappa shape index (κ3) is 3.10. The number of aromatic nitrogens is 4. The van der Waals surface area contributed by atoms with Crippen LogP contribution in [0.1, 0.15) is 31.5 Å². The van der Waals surface area contributed by atoms with Crippen LogP contribution in [0.25, 0.3) is 5.69 Å². The van der Waals surface area contributed by atoms with Crippen LogP contribution in [-0.2, 0) is 4.79 Å². The molecule has 0 aliphatic heterocycles. The van der Waals surface area contributed by atoms with Crippen LogP contribution < -0.4 is 11.1 Å². The number of hydrogen-bond acceptors (Lipinski definition) is 5. The van der Waals surface area contributed by atoms with Crippen LogP contribution in [0.4, 0.5) is 5.69 Å². The molecular weight excluding hydrogens is 304 g/mol. The van der Waals surface area contributed by atoms with Crippen LogP contribution in [0.5, 0.6) is 0 Å². The van der Waals surface area contributed by atoms with Crippen molar-refractivity contribution in [3.63, 3.8) is 0 Å². The molecule has 1 saturated carbocycles. The van der Waals surface area contributed by atoms with E-state index in [1.807, 2.05) is 31.2 Å². The molecule has 1 aromatic carbocycles. The van der Waals surface area contributed by atoms with Crippen LogP contribution in [0.2, 0.25) is 0 Å². The Morgan fingerprint density at radius 1 is 1.36 bits per heavy atom. The highest BCUT2D eigenvalue weighted by molar-refractivity contribution is 5.98. The fourth-order valence-electron chi connectivity index (χ4n) is 2.67. The van der Waals surface area contributed by atoms with E-state index >= 15 is 0 Å². The lowest BCUT2D eigenvalue weighted by Gasteiger charge is -2.22. The molecule has 0 spiro atoms. The molecule has 2 aromatic rings. The van der Waals surface area contributed by atoms with E-state index in [2.05, 4.69) is 20.8 Å². The summed E-state index contributed by atoms with van der Waals surface area (Å²) in [6.07, 6.45) is 3.50. The van der Waals surface area contributed by atoms with E-state index in [-0.39, 0.29) is 18.3 Å². The summed E-state index contributed by atoms with van der Waals surface area (Å²) in [4.78, 5) is 12.3. The number of carbonyl (C=O) groups is 1. The van der Waals surface area contributed by atoms with Gasteiger partial charge in [0.25, 0.3) is 0 Å². The summed E-state index contributed by atoms with van der Waals surface area (Å²) in [5.74, 6) is 0.565. The number of rotatable bonds is 3. The first-order valence-corrected chi connectivity index (χ1v) is 7.04. The van der Waals surface area contributed by atoms with Crippen LogP contribution >= 0.6 is 12.4 Å². The molecule has 1 fully saturated rings. The standard InChI is InChI=1S/C14H18N6O.ClH/c1-10-17-18-19-20(10)12-6-4-5-11(9-12)16-13(21)14(15)7-2-3-8-14;/h4-6,9H,2-3,7-8,15H2,1H3,(H,16,21);1H. The van der Waals surface area contributed by atoms with Crippen molar-refractivity contribution in [3.05, 3.63) is 30.1 Å². The van der Waals surface area contributed by atoms with Gasteiger partial charge in [0, 0.05) is 5.69 Å². The molecule has 1 amide bonds. The smallest absolute Gasteiger partial charge is 0.244 e. The number of tetrazole rings is 1. The number of hydrogen-bond donors (Lipinski definition) is 2. The van der Waals surface area contributed by atoms with Gasteiger partial charge >= 0.3 is 0 Å². The highest BCUT2D eigenvalue weighted by atomic mass is 35.5. The zero-order valence-electron chi connectivity index (χ0n) is 12.3. The maximum Gasteiger partial charge on any atom is 0.244 e. The molecule has 3 N–H and O–H groups in total. The number of nitrogens with one attached hydrogen (secondary N) is 1. The Bertz CT molecular complexity index is 665. The Labute approximate surface area is 134 Å². The quantitative estimate of drug-likeness (QED) is 0.894. The Kier molecular flexibility index (Phi) is 4.77. The van der Waals surface area contributed by atoms with Gasteiger partial charge in [-0.1, -0.05) is 18.9 Å². The van der Waals surface area contributed by atoms with Gasteiger partial charge in [-0.3, -0.25) is 4.79 Å². The zero-order valence-corrected chi connectivity index (χ0v) is 13.1. The Balaban J connectivity index is 0.00000176. The lowest BCUT2D eigenvalue weighted by molar-refractivity contribution is -0.121. The van der Waals surface area contributed by atoms with Gasteiger partial charge in [0.15, 0.2) is 5.82 Å². The van der Waals surface area contributed by atoms with Crippen molar-refractivity contribution in [2.75, 3.05) is 5.32 Å². The van der Waals surface area contributed by atoms with Gasteiger partial charge in [-0.25, -0.2) is 0 Å². The maximum absolute atomic E-state index is 12.3. The Morgan fingerprint density at radius 2 is 2.09 bits per heavy atom. The fourth-order valence-corrected chi connectivity index (χ4v) is 2.67. The van der Waals surface area contributed by atoms with Gasteiger partial charge < -0.3 is 11.1 Å². The van der Waals surface area contributed by atoms with Crippen LogP contribution in [0, 0.1) is 6.92 Å². The van der Waals surface area contributed by atoms with Crippen molar-refractivity contribution >= 4 is 24.0 Å². The number of nitrogens with zero attached hydrogens (tertiary/aromatic N) is 4. The molecule has 0 bridgehead atoms. The number of amides is 1. The minimum absolute atomic E-state index is 0. The van der Waals surface area contributed by atoms with Crippen molar-refractivity contribution in [1.82, 2.24) is 20.2 Å². The molecule has 118 valence electrons. The van der Waals surface area contributed by atoms with Crippen LogP contribution in [0.3, 0.4) is 0 Å². The van der Waals surface area contributed by atoms with E-state index in [4.69, 9.17) is 5.73 Å².